The quantitative estimate of drug-likeness (QED) is 0.750. The maximum absolute atomic E-state index is 4.10. The van der Waals surface area contributed by atoms with Gasteiger partial charge in [0.25, 0.3) is 0 Å². The number of rotatable bonds is 3. The molecule has 1 saturated heterocycles. The summed E-state index contributed by atoms with van der Waals surface area (Å²) in [5.41, 5.74) is 0. The molecule has 5 heteroatoms. The fraction of sp³-hybridized carbons (Fsp3) is 0.889. The van der Waals surface area contributed by atoms with E-state index in [9.17, 15) is 0 Å². The third-order valence-electron chi connectivity index (χ3n) is 3.05. The predicted octanol–water partition coefficient (Wildman–Crippen LogP) is 0.302. The summed E-state index contributed by atoms with van der Waals surface area (Å²) in [4.78, 5) is 0. The van der Waals surface area contributed by atoms with Crippen LogP contribution in [0.3, 0.4) is 0 Å². The number of hydrogen-bond donors (Lipinski definition) is 1. The summed E-state index contributed by atoms with van der Waals surface area (Å²) in [6, 6.07) is 1.19. The lowest BCUT2D eigenvalue weighted by Gasteiger charge is -2.08. The van der Waals surface area contributed by atoms with Gasteiger partial charge in [-0.05, 0) is 42.7 Å². The van der Waals surface area contributed by atoms with Gasteiger partial charge in [-0.2, -0.15) is 0 Å². The smallest absolute Gasteiger partial charge is 0.153 e. The molecule has 1 atom stereocenters. The summed E-state index contributed by atoms with van der Waals surface area (Å²) in [6.45, 7) is 1.15. The first-order valence-corrected chi connectivity index (χ1v) is 5.43. The number of aromatic nitrogens is 4. The summed E-state index contributed by atoms with van der Waals surface area (Å²) in [7, 11) is 0. The molecule has 1 aliphatic carbocycles. The summed E-state index contributed by atoms with van der Waals surface area (Å²) >= 11 is 0. The van der Waals surface area contributed by atoms with Crippen LogP contribution in [0.1, 0.15) is 37.5 Å². The minimum atomic E-state index is 0.596. The van der Waals surface area contributed by atoms with E-state index in [4.69, 9.17) is 0 Å². The summed E-state index contributed by atoms with van der Waals surface area (Å²) in [5.74, 6) is 1.06. The molecule has 2 aliphatic rings. The van der Waals surface area contributed by atoms with Gasteiger partial charge < -0.3 is 5.32 Å². The lowest BCUT2D eigenvalue weighted by Crippen LogP contribution is -2.25. The van der Waals surface area contributed by atoms with E-state index >= 15 is 0 Å². The monoisotopic (exact) mass is 193 g/mol. The van der Waals surface area contributed by atoms with Crippen molar-refractivity contribution < 1.29 is 0 Å². The van der Waals surface area contributed by atoms with E-state index in [0.717, 1.165) is 18.8 Å². The summed E-state index contributed by atoms with van der Waals surface area (Å²) in [6.07, 6.45) is 6.03. The average molecular weight is 193 g/mol. The normalized spacial score (nSPS) is 27.0. The van der Waals surface area contributed by atoms with Crippen molar-refractivity contribution in [2.24, 2.45) is 0 Å². The van der Waals surface area contributed by atoms with Crippen LogP contribution in [-0.4, -0.2) is 32.8 Å². The van der Waals surface area contributed by atoms with E-state index in [1.54, 1.807) is 0 Å². The molecular formula is C9H15N5. The topological polar surface area (TPSA) is 55.6 Å². The van der Waals surface area contributed by atoms with Gasteiger partial charge in [0.05, 0.1) is 6.04 Å². The molecule has 5 nitrogen and oxygen atoms in total. The summed E-state index contributed by atoms with van der Waals surface area (Å²) in [5, 5.41) is 15.4. The van der Waals surface area contributed by atoms with Crippen LogP contribution in [0.25, 0.3) is 0 Å². The Hall–Kier alpha value is -0.970. The Kier molecular flexibility index (Phi) is 1.97. The Bertz CT molecular complexity index is 311. The Labute approximate surface area is 82.9 Å². The molecule has 2 fully saturated rings. The van der Waals surface area contributed by atoms with E-state index in [-0.39, 0.29) is 0 Å². The van der Waals surface area contributed by atoms with Crippen molar-refractivity contribution in [2.75, 3.05) is 6.54 Å². The number of nitrogens with zero attached hydrogens (tertiary/aromatic N) is 4. The number of nitrogens with one attached hydrogen (secondary N) is 1. The van der Waals surface area contributed by atoms with Gasteiger partial charge in [0, 0.05) is 12.5 Å². The van der Waals surface area contributed by atoms with E-state index in [2.05, 4.69) is 20.8 Å². The fourth-order valence-electron chi connectivity index (χ4n) is 2.10. The lowest BCUT2D eigenvalue weighted by molar-refractivity contribution is 0.530. The van der Waals surface area contributed by atoms with Gasteiger partial charge in [-0.25, -0.2) is 4.68 Å². The molecule has 0 amide bonds. The third-order valence-corrected chi connectivity index (χ3v) is 3.05. The van der Waals surface area contributed by atoms with Crippen LogP contribution in [0.2, 0.25) is 0 Å². The molecule has 1 saturated carbocycles. The van der Waals surface area contributed by atoms with Crippen molar-refractivity contribution in [3.05, 3.63) is 5.82 Å². The van der Waals surface area contributed by atoms with Gasteiger partial charge in [0.15, 0.2) is 5.82 Å². The number of tetrazole rings is 1. The molecule has 0 radical (unpaired) electrons. The first-order chi connectivity index (χ1) is 6.93. The first-order valence-electron chi connectivity index (χ1n) is 5.43. The molecule has 1 aromatic heterocycles. The molecular weight excluding hydrogens is 178 g/mol. The van der Waals surface area contributed by atoms with Crippen molar-refractivity contribution in [3.8, 4) is 0 Å². The molecule has 2 heterocycles. The Morgan fingerprint density at radius 3 is 3.00 bits per heavy atom. The van der Waals surface area contributed by atoms with Crippen molar-refractivity contribution in [1.82, 2.24) is 25.5 Å². The third kappa shape index (κ3) is 1.52. The van der Waals surface area contributed by atoms with Crippen LogP contribution in [-0.2, 0) is 6.42 Å². The van der Waals surface area contributed by atoms with Crippen LogP contribution in [0.5, 0.6) is 0 Å². The molecule has 1 unspecified atom stereocenters. The van der Waals surface area contributed by atoms with Crippen LogP contribution in [0.15, 0.2) is 0 Å². The van der Waals surface area contributed by atoms with Crippen LogP contribution >= 0.6 is 0 Å². The van der Waals surface area contributed by atoms with Crippen molar-refractivity contribution in [2.45, 2.75) is 44.2 Å². The molecule has 14 heavy (non-hydrogen) atoms. The summed E-state index contributed by atoms with van der Waals surface area (Å²) < 4.78 is 2.01. The van der Waals surface area contributed by atoms with Gasteiger partial charge >= 0.3 is 0 Å². The zero-order valence-corrected chi connectivity index (χ0v) is 8.19. The van der Waals surface area contributed by atoms with Gasteiger partial charge in [0.1, 0.15) is 0 Å². The van der Waals surface area contributed by atoms with Crippen LogP contribution in [0.4, 0.5) is 0 Å². The van der Waals surface area contributed by atoms with E-state index in [1.807, 2.05) is 4.68 Å². The van der Waals surface area contributed by atoms with E-state index in [0.29, 0.717) is 12.1 Å². The van der Waals surface area contributed by atoms with Gasteiger partial charge in [-0.3, -0.25) is 0 Å². The molecule has 1 aliphatic heterocycles. The maximum Gasteiger partial charge on any atom is 0.153 e. The molecule has 3 rings (SSSR count). The largest absolute Gasteiger partial charge is 0.314 e. The van der Waals surface area contributed by atoms with E-state index in [1.165, 1.54) is 25.7 Å². The van der Waals surface area contributed by atoms with Crippen LogP contribution in [0, 0.1) is 0 Å². The standard InChI is InChI=1S/C9H15N5/c1-2-7(10-5-1)6-9-11-12-13-14(9)8-3-4-8/h7-8,10H,1-6H2. The fourth-order valence-corrected chi connectivity index (χ4v) is 2.10. The minimum absolute atomic E-state index is 0.596. The predicted molar refractivity (Wildman–Crippen MR) is 50.8 cm³/mol. The Morgan fingerprint density at radius 2 is 2.29 bits per heavy atom. The molecule has 0 spiro atoms. The first kappa shape index (κ1) is 8.35. The van der Waals surface area contributed by atoms with Gasteiger partial charge in [0.2, 0.25) is 0 Å². The van der Waals surface area contributed by atoms with Gasteiger partial charge in [-0.1, -0.05) is 0 Å². The molecule has 1 N–H and O–H groups in total. The molecule has 0 bridgehead atoms. The zero-order valence-electron chi connectivity index (χ0n) is 8.19. The van der Waals surface area contributed by atoms with Crippen molar-refractivity contribution in [1.29, 1.82) is 0 Å². The Morgan fingerprint density at radius 1 is 1.36 bits per heavy atom. The number of hydrogen-bond acceptors (Lipinski definition) is 4. The second-order valence-electron chi connectivity index (χ2n) is 4.27. The van der Waals surface area contributed by atoms with Crippen molar-refractivity contribution >= 4 is 0 Å². The zero-order chi connectivity index (χ0) is 9.38. The molecule has 76 valence electrons. The highest BCUT2D eigenvalue weighted by Crippen LogP contribution is 2.34. The average Bonchev–Trinajstić information content (AvgIpc) is 2.74. The lowest BCUT2D eigenvalue weighted by atomic mass is 10.1. The minimum Gasteiger partial charge on any atom is -0.314 e. The maximum atomic E-state index is 4.10. The Balaban J connectivity index is 1.71. The van der Waals surface area contributed by atoms with Crippen LogP contribution < -0.4 is 5.32 Å². The second kappa shape index (κ2) is 3.31. The van der Waals surface area contributed by atoms with Gasteiger partial charge in [-0.15, -0.1) is 5.10 Å². The second-order valence-corrected chi connectivity index (χ2v) is 4.27. The van der Waals surface area contributed by atoms with Crippen molar-refractivity contribution in [3.63, 3.8) is 0 Å². The highest BCUT2D eigenvalue weighted by atomic mass is 15.6. The highest BCUT2D eigenvalue weighted by Gasteiger charge is 2.28. The molecule has 0 aromatic carbocycles. The molecule has 1 aromatic rings. The van der Waals surface area contributed by atoms with E-state index < -0.39 is 0 Å². The SMILES string of the molecule is C1CNC(Cc2nnnn2C2CC2)C1. The highest BCUT2D eigenvalue weighted by molar-refractivity contribution is 4.94.